The predicted molar refractivity (Wildman–Crippen MR) is 64.4 cm³/mol. The molecule has 1 N–H and O–H groups in total. The molecule has 4 nitrogen and oxygen atoms in total. The molecular formula is C12H15ClO4. The van der Waals surface area contributed by atoms with Crippen LogP contribution in [0.5, 0.6) is 5.75 Å². The van der Waals surface area contributed by atoms with E-state index in [1.54, 1.807) is 6.07 Å². The third-order valence-electron chi connectivity index (χ3n) is 2.51. The lowest BCUT2D eigenvalue weighted by Gasteiger charge is -2.15. The summed E-state index contributed by atoms with van der Waals surface area (Å²) < 4.78 is 9.58. The minimum absolute atomic E-state index is 0.350. The Balaban J connectivity index is 3.23. The van der Waals surface area contributed by atoms with Gasteiger partial charge in [0.05, 0.1) is 19.2 Å². The normalized spacial score (nSPS) is 12.1. The zero-order chi connectivity index (χ0) is 13.0. The number of carbonyl (C=O) groups excluding carboxylic acids is 1. The van der Waals surface area contributed by atoms with Crippen LogP contribution in [0.3, 0.4) is 0 Å². The Bertz CT molecular complexity index is 417. The zero-order valence-electron chi connectivity index (χ0n) is 9.99. The van der Waals surface area contributed by atoms with Crippen molar-refractivity contribution < 1.29 is 19.4 Å². The fraction of sp³-hybridized carbons (Fsp3) is 0.417. The van der Waals surface area contributed by atoms with Gasteiger partial charge in [-0.3, -0.25) is 0 Å². The first-order valence-electron chi connectivity index (χ1n) is 5.17. The van der Waals surface area contributed by atoms with Crippen LogP contribution < -0.4 is 4.74 Å². The highest BCUT2D eigenvalue weighted by atomic mass is 35.5. The molecule has 0 amide bonds. The van der Waals surface area contributed by atoms with E-state index in [4.69, 9.17) is 16.3 Å². The number of aliphatic hydroxyl groups excluding tert-OH is 1. The number of aryl methyl sites for hydroxylation is 1. The monoisotopic (exact) mass is 258 g/mol. The summed E-state index contributed by atoms with van der Waals surface area (Å²) in [4.78, 5) is 11.3. The molecule has 0 aliphatic carbocycles. The molecule has 17 heavy (non-hydrogen) atoms. The molecule has 5 heteroatoms. The van der Waals surface area contributed by atoms with Crippen molar-refractivity contribution in [3.8, 4) is 5.75 Å². The van der Waals surface area contributed by atoms with Gasteiger partial charge >= 0.3 is 5.97 Å². The SMILES string of the molecule is CCc1cc(OC)c(Cl)cc1C(O)C(=O)OC. The summed E-state index contributed by atoms with van der Waals surface area (Å²) in [7, 11) is 2.74. The molecule has 1 aromatic carbocycles. The van der Waals surface area contributed by atoms with Crippen molar-refractivity contribution in [2.75, 3.05) is 14.2 Å². The lowest BCUT2D eigenvalue weighted by molar-refractivity contribution is -0.150. The van der Waals surface area contributed by atoms with Crippen LogP contribution in [0.2, 0.25) is 5.02 Å². The van der Waals surface area contributed by atoms with Crippen molar-refractivity contribution in [3.05, 3.63) is 28.3 Å². The number of ether oxygens (including phenoxy) is 2. The van der Waals surface area contributed by atoms with E-state index in [0.717, 1.165) is 5.56 Å². The first-order valence-corrected chi connectivity index (χ1v) is 5.55. The Kier molecular flexibility index (Phi) is 4.78. The van der Waals surface area contributed by atoms with Gasteiger partial charge in [-0.1, -0.05) is 18.5 Å². The Morgan fingerprint density at radius 3 is 2.59 bits per heavy atom. The van der Waals surface area contributed by atoms with E-state index in [2.05, 4.69) is 4.74 Å². The van der Waals surface area contributed by atoms with Gasteiger partial charge in [-0.15, -0.1) is 0 Å². The first-order chi connectivity index (χ1) is 8.04. The number of hydrogen-bond donors (Lipinski definition) is 1. The summed E-state index contributed by atoms with van der Waals surface area (Å²) in [6.45, 7) is 1.91. The highest BCUT2D eigenvalue weighted by molar-refractivity contribution is 6.32. The lowest BCUT2D eigenvalue weighted by Crippen LogP contribution is -2.15. The maximum atomic E-state index is 11.3. The van der Waals surface area contributed by atoms with Crippen LogP contribution in [0, 0.1) is 0 Å². The molecule has 0 aromatic heterocycles. The molecular weight excluding hydrogens is 244 g/mol. The van der Waals surface area contributed by atoms with Crippen LogP contribution in [-0.4, -0.2) is 25.3 Å². The number of benzene rings is 1. The smallest absolute Gasteiger partial charge is 0.339 e. The second kappa shape index (κ2) is 5.89. The molecule has 0 fully saturated rings. The van der Waals surface area contributed by atoms with Gasteiger partial charge in [0.1, 0.15) is 5.75 Å². The van der Waals surface area contributed by atoms with E-state index in [1.807, 2.05) is 6.92 Å². The Labute approximate surface area is 105 Å². The van der Waals surface area contributed by atoms with Gasteiger partial charge in [0.2, 0.25) is 0 Å². The third kappa shape index (κ3) is 2.90. The van der Waals surface area contributed by atoms with Crippen molar-refractivity contribution in [3.63, 3.8) is 0 Å². The predicted octanol–water partition coefficient (Wildman–Crippen LogP) is 2.12. The van der Waals surface area contributed by atoms with Crippen LogP contribution in [0.15, 0.2) is 12.1 Å². The van der Waals surface area contributed by atoms with E-state index in [1.165, 1.54) is 20.3 Å². The molecule has 0 aliphatic heterocycles. The Morgan fingerprint density at radius 1 is 1.47 bits per heavy atom. The summed E-state index contributed by atoms with van der Waals surface area (Å²) >= 11 is 5.96. The van der Waals surface area contributed by atoms with Crippen LogP contribution in [0.1, 0.15) is 24.2 Å². The van der Waals surface area contributed by atoms with Crippen molar-refractivity contribution >= 4 is 17.6 Å². The first kappa shape index (κ1) is 13.8. The molecule has 0 saturated heterocycles. The molecule has 0 bridgehead atoms. The third-order valence-corrected chi connectivity index (χ3v) is 2.81. The fourth-order valence-electron chi connectivity index (χ4n) is 1.57. The minimum atomic E-state index is -1.32. The Hall–Kier alpha value is -1.26. The van der Waals surface area contributed by atoms with Crippen LogP contribution >= 0.6 is 11.6 Å². The van der Waals surface area contributed by atoms with Crippen molar-refractivity contribution in [1.82, 2.24) is 0 Å². The van der Waals surface area contributed by atoms with E-state index in [0.29, 0.717) is 22.8 Å². The van der Waals surface area contributed by atoms with Crippen LogP contribution in [0.25, 0.3) is 0 Å². The summed E-state index contributed by atoms with van der Waals surface area (Å²) in [6, 6.07) is 3.24. The number of aliphatic hydroxyl groups is 1. The van der Waals surface area contributed by atoms with Crippen molar-refractivity contribution in [1.29, 1.82) is 0 Å². The maximum Gasteiger partial charge on any atom is 0.339 e. The highest BCUT2D eigenvalue weighted by Gasteiger charge is 2.22. The molecule has 0 heterocycles. The lowest BCUT2D eigenvalue weighted by atomic mass is 10.00. The number of carbonyl (C=O) groups is 1. The fourth-order valence-corrected chi connectivity index (χ4v) is 1.82. The number of methoxy groups -OCH3 is 2. The molecule has 0 aliphatic rings. The standard InChI is InChI=1S/C12H15ClO4/c1-4-7-5-10(16-2)9(13)6-8(7)11(14)12(15)17-3/h5-6,11,14H,4H2,1-3H3. The van der Waals surface area contributed by atoms with E-state index < -0.39 is 12.1 Å². The number of hydrogen-bond acceptors (Lipinski definition) is 4. The summed E-state index contributed by atoms with van der Waals surface area (Å²) in [5, 5.41) is 10.2. The van der Waals surface area contributed by atoms with E-state index in [-0.39, 0.29) is 0 Å². The minimum Gasteiger partial charge on any atom is -0.495 e. The van der Waals surface area contributed by atoms with Gasteiger partial charge in [0.15, 0.2) is 6.10 Å². The molecule has 1 aromatic rings. The summed E-state index contributed by atoms with van der Waals surface area (Å²) in [6.07, 6.45) is -0.671. The van der Waals surface area contributed by atoms with Crippen molar-refractivity contribution in [2.45, 2.75) is 19.4 Å². The highest BCUT2D eigenvalue weighted by Crippen LogP contribution is 2.31. The Morgan fingerprint density at radius 2 is 2.12 bits per heavy atom. The second-order valence-electron chi connectivity index (χ2n) is 3.46. The van der Waals surface area contributed by atoms with Gasteiger partial charge in [0.25, 0.3) is 0 Å². The molecule has 0 spiro atoms. The van der Waals surface area contributed by atoms with Gasteiger partial charge in [0, 0.05) is 0 Å². The summed E-state index contributed by atoms with van der Waals surface area (Å²) in [5.74, 6) is -0.190. The number of rotatable bonds is 4. The molecule has 1 atom stereocenters. The van der Waals surface area contributed by atoms with Gasteiger partial charge < -0.3 is 14.6 Å². The van der Waals surface area contributed by atoms with Gasteiger partial charge in [-0.2, -0.15) is 0 Å². The van der Waals surface area contributed by atoms with E-state index >= 15 is 0 Å². The average molecular weight is 259 g/mol. The number of esters is 1. The van der Waals surface area contributed by atoms with Crippen LogP contribution in [-0.2, 0) is 16.0 Å². The molecule has 0 radical (unpaired) electrons. The number of halogens is 1. The maximum absolute atomic E-state index is 11.3. The van der Waals surface area contributed by atoms with Gasteiger partial charge in [-0.05, 0) is 29.7 Å². The quantitative estimate of drug-likeness (QED) is 0.841. The zero-order valence-corrected chi connectivity index (χ0v) is 10.7. The van der Waals surface area contributed by atoms with Crippen LogP contribution in [0.4, 0.5) is 0 Å². The van der Waals surface area contributed by atoms with Crippen molar-refractivity contribution in [2.24, 2.45) is 0 Å². The van der Waals surface area contributed by atoms with E-state index in [9.17, 15) is 9.90 Å². The molecule has 1 rings (SSSR count). The molecule has 0 saturated carbocycles. The largest absolute Gasteiger partial charge is 0.495 e. The average Bonchev–Trinajstić information content (AvgIpc) is 2.36. The summed E-state index contributed by atoms with van der Waals surface area (Å²) in [5.41, 5.74) is 1.24. The molecule has 94 valence electrons. The van der Waals surface area contributed by atoms with Gasteiger partial charge in [-0.25, -0.2) is 4.79 Å². The second-order valence-corrected chi connectivity index (χ2v) is 3.87. The molecule has 1 unspecified atom stereocenters. The topological polar surface area (TPSA) is 55.8 Å².